The van der Waals surface area contributed by atoms with Gasteiger partial charge in [-0.25, -0.2) is 0 Å². The summed E-state index contributed by atoms with van der Waals surface area (Å²) in [6.07, 6.45) is 0.800. The van der Waals surface area contributed by atoms with Crippen LogP contribution >= 0.6 is 11.6 Å². The van der Waals surface area contributed by atoms with Gasteiger partial charge in [-0.15, -0.1) is 0 Å². The zero-order chi connectivity index (χ0) is 20.4. The number of amides is 2. The van der Waals surface area contributed by atoms with Crippen LogP contribution in [0, 0.1) is 6.92 Å². The molecule has 0 saturated carbocycles. The van der Waals surface area contributed by atoms with E-state index in [9.17, 15) is 9.59 Å². The number of carbonyl (C=O) groups excluding carboxylic acids is 2. The lowest BCUT2D eigenvalue weighted by molar-refractivity contribution is 0.0949. The van der Waals surface area contributed by atoms with Crippen LogP contribution in [0.3, 0.4) is 0 Å². The standard InChI is InChI=1S/C24H21ClN2O2/c1-16-3-2-4-20(13-16)23(28)26-15-17-5-10-22-19(14-17)11-12-27(22)24(29)18-6-8-21(25)9-7-18/h2-10,13-14H,11-12,15H2,1H3,(H,26,28). The topological polar surface area (TPSA) is 49.4 Å². The maximum absolute atomic E-state index is 12.8. The summed E-state index contributed by atoms with van der Waals surface area (Å²) in [5, 5.41) is 3.58. The molecule has 0 fully saturated rings. The molecule has 1 aliphatic heterocycles. The fourth-order valence-electron chi connectivity index (χ4n) is 3.60. The van der Waals surface area contributed by atoms with Crippen molar-refractivity contribution in [2.24, 2.45) is 0 Å². The summed E-state index contributed by atoms with van der Waals surface area (Å²) in [6.45, 7) is 3.06. The first-order valence-electron chi connectivity index (χ1n) is 9.55. The fraction of sp³-hybridized carbons (Fsp3) is 0.167. The van der Waals surface area contributed by atoms with E-state index in [2.05, 4.69) is 11.4 Å². The van der Waals surface area contributed by atoms with Gasteiger partial charge in [0, 0.05) is 34.9 Å². The highest BCUT2D eigenvalue weighted by atomic mass is 35.5. The number of nitrogens with one attached hydrogen (secondary N) is 1. The Morgan fingerprint density at radius 2 is 1.79 bits per heavy atom. The number of carbonyl (C=O) groups is 2. The molecule has 3 aromatic carbocycles. The van der Waals surface area contributed by atoms with Crippen molar-refractivity contribution in [2.45, 2.75) is 19.9 Å². The summed E-state index contributed by atoms with van der Waals surface area (Å²) >= 11 is 5.92. The molecular weight excluding hydrogens is 384 g/mol. The second-order valence-electron chi connectivity index (χ2n) is 7.23. The zero-order valence-corrected chi connectivity index (χ0v) is 16.9. The van der Waals surface area contributed by atoms with Gasteiger partial charge in [-0.2, -0.15) is 0 Å². The summed E-state index contributed by atoms with van der Waals surface area (Å²) in [7, 11) is 0. The molecule has 0 aliphatic carbocycles. The summed E-state index contributed by atoms with van der Waals surface area (Å²) in [4.78, 5) is 27.0. The number of rotatable bonds is 4. The third-order valence-electron chi connectivity index (χ3n) is 5.11. The van der Waals surface area contributed by atoms with E-state index in [1.165, 1.54) is 0 Å². The van der Waals surface area contributed by atoms with Gasteiger partial charge >= 0.3 is 0 Å². The van der Waals surface area contributed by atoms with Crippen molar-refractivity contribution in [3.63, 3.8) is 0 Å². The average molecular weight is 405 g/mol. The van der Waals surface area contributed by atoms with Crippen LogP contribution in [-0.4, -0.2) is 18.4 Å². The molecular formula is C24H21ClN2O2. The molecule has 0 saturated heterocycles. The minimum Gasteiger partial charge on any atom is -0.348 e. The molecule has 0 unspecified atom stereocenters. The SMILES string of the molecule is Cc1cccc(C(=O)NCc2ccc3c(c2)CCN3C(=O)c2ccc(Cl)cc2)c1. The highest BCUT2D eigenvalue weighted by Gasteiger charge is 2.25. The van der Waals surface area contributed by atoms with Gasteiger partial charge < -0.3 is 10.2 Å². The van der Waals surface area contributed by atoms with Crippen LogP contribution in [-0.2, 0) is 13.0 Å². The Balaban J connectivity index is 1.45. The number of fused-ring (bicyclic) bond motifs is 1. The second-order valence-corrected chi connectivity index (χ2v) is 7.67. The molecule has 29 heavy (non-hydrogen) atoms. The van der Waals surface area contributed by atoms with Crippen LogP contribution in [0.1, 0.15) is 37.4 Å². The quantitative estimate of drug-likeness (QED) is 0.680. The normalized spacial score (nSPS) is 12.6. The van der Waals surface area contributed by atoms with Gasteiger partial charge in [-0.3, -0.25) is 9.59 Å². The van der Waals surface area contributed by atoms with E-state index in [0.29, 0.717) is 29.2 Å². The third-order valence-corrected chi connectivity index (χ3v) is 5.36. The van der Waals surface area contributed by atoms with Crippen LogP contribution in [0.4, 0.5) is 5.69 Å². The molecule has 4 nitrogen and oxygen atoms in total. The van der Waals surface area contributed by atoms with Crippen LogP contribution in [0.2, 0.25) is 5.02 Å². The third kappa shape index (κ3) is 4.17. The van der Waals surface area contributed by atoms with E-state index in [1.807, 2.05) is 43.3 Å². The molecule has 0 spiro atoms. The molecule has 0 aromatic heterocycles. The highest BCUT2D eigenvalue weighted by Crippen LogP contribution is 2.30. The summed E-state index contributed by atoms with van der Waals surface area (Å²) in [5.74, 6) is -0.116. The number of halogens is 1. The summed E-state index contributed by atoms with van der Waals surface area (Å²) in [5.41, 5.74) is 5.40. The number of anilines is 1. The molecule has 5 heteroatoms. The lowest BCUT2D eigenvalue weighted by Crippen LogP contribution is -2.28. The van der Waals surface area contributed by atoms with Gasteiger partial charge in [0.05, 0.1) is 0 Å². The predicted octanol–water partition coefficient (Wildman–Crippen LogP) is 4.78. The van der Waals surface area contributed by atoms with E-state index in [-0.39, 0.29) is 11.8 Å². The Kier molecular flexibility index (Phi) is 5.36. The van der Waals surface area contributed by atoms with Crippen LogP contribution in [0.25, 0.3) is 0 Å². The number of benzene rings is 3. The van der Waals surface area contributed by atoms with Gasteiger partial charge in [0.25, 0.3) is 11.8 Å². The Hall–Kier alpha value is -3.11. The number of hydrogen-bond acceptors (Lipinski definition) is 2. The molecule has 1 N–H and O–H groups in total. The maximum atomic E-state index is 12.8. The first kappa shape index (κ1) is 19.2. The monoisotopic (exact) mass is 404 g/mol. The first-order valence-corrected chi connectivity index (χ1v) is 9.93. The van der Waals surface area contributed by atoms with Crippen molar-refractivity contribution >= 4 is 29.1 Å². The van der Waals surface area contributed by atoms with Gasteiger partial charge in [0.15, 0.2) is 0 Å². The second kappa shape index (κ2) is 8.10. The lowest BCUT2D eigenvalue weighted by atomic mass is 10.1. The van der Waals surface area contributed by atoms with Crippen LogP contribution in [0.5, 0.6) is 0 Å². The summed E-state index contributed by atoms with van der Waals surface area (Å²) in [6, 6.07) is 20.5. The Bertz CT molecular complexity index is 1080. The molecule has 0 bridgehead atoms. The Labute approximate surface area is 175 Å². The highest BCUT2D eigenvalue weighted by molar-refractivity contribution is 6.30. The Morgan fingerprint density at radius 3 is 2.55 bits per heavy atom. The molecule has 0 radical (unpaired) electrons. The van der Waals surface area contributed by atoms with E-state index in [4.69, 9.17) is 11.6 Å². The van der Waals surface area contributed by atoms with Crippen molar-refractivity contribution in [3.8, 4) is 0 Å². The van der Waals surface area contributed by atoms with Crippen LogP contribution in [0.15, 0.2) is 66.7 Å². The van der Waals surface area contributed by atoms with E-state index in [0.717, 1.165) is 28.8 Å². The smallest absolute Gasteiger partial charge is 0.258 e. The Morgan fingerprint density at radius 1 is 1.00 bits per heavy atom. The van der Waals surface area contributed by atoms with E-state index < -0.39 is 0 Å². The minimum atomic E-state index is -0.0891. The van der Waals surface area contributed by atoms with Gasteiger partial charge in [0.2, 0.25) is 0 Å². The van der Waals surface area contributed by atoms with Gasteiger partial charge in [-0.05, 0) is 66.9 Å². The van der Waals surface area contributed by atoms with Crippen molar-refractivity contribution in [1.29, 1.82) is 0 Å². The lowest BCUT2D eigenvalue weighted by Gasteiger charge is -2.18. The average Bonchev–Trinajstić information content (AvgIpc) is 3.15. The largest absolute Gasteiger partial charge is 0.348 e. The molecule has 3 aromatic rings. The number of aryl methyl sites for hydroxylation is 1. The fourth-order valence-corrected chi connectivity index (χ4v) is 3.72. The number of nitrogens with zero attached hydrogens (tertiary/aromatic N) is 1. The van der Waals surface area contributed by atoms with Crippen LogP contribution < -0.4 is 10.2 Å². The molecule has 2 amide bonds. The molecule has 1 aliphatic rings. The summed E-state index contributed by atoms with van der Waals surface area (Å²) < 4.78 is 0. The van der Waals surface area contributed by atoms with E-state index in [1.54, 1.807) is 29.2 Å². The molecule has 146 valence electrons. The minimum absolute atomic E-state index is 0.0269. The van der Waals surface area contributed by atoms with Crippen molar-refractivity contribution in [1.82, 2.24) is 5.32 Å². The first-order chi connectivity index (χ1) is 14.0. The van der Waals surface area contributed by atoms with Gasteiger partial charge in [0.1, 0.15) is 0 Å². The van der Waals surface area contributed by atoms with Crippen molar-refractivity contribution in [3.05, 3.63) is 99.6 Å². The van der Waals surface area contributed by atoms with Gasteiger partial charge in [-0.1, -0.05) is 41.4 Å². The molecule has 0 atom stereocenters. The van der Waals surface area contributed by atoms with E-state index >= 15 is 0 Å². The molecule has 4 rings (SSSR count). The van der Waals surface area contributed by atoms with Crippen molar-refractivity contribution < 1.29 is 9.59 Å². The van der Waals surface area contributed by atoms with Crippen molar-refractivity contribution in [2.75, 3.05) is 11.4 Å². The maximum Gasteiger partial charge on any atom is 0.258 e. The number of hydrogen-bond donors (Lipinski definition) is 1. The zero-order valence-electron chi connectivity index (χ0n) is 16.1. The predicted molar refractivity (Wildman–Crippen MR) is 116 cm³/mol. The molecule has 1 heterocycles.